The van der Waals surface area contributed by atoms with Gasteiger partial charge in [-0.1, -0.05) is 64.2 Å². The van der Waals surface area contributed by atoms with Crippen molar-refractivity contribution in [3.63, 3.8) is 0 Å². The number of rotatable bonds is 6. The van der Waals surface area contributed by atoms with Crippen molar-refractivity contribution in [2.24, 2.45) is 0 Å². The van der Waals surface area contributed by atoms with E-state index in [1.807, 2.05) is 30.3 Å². The van der Waals surface area contributed by atoms with Crippen LogP contribution >= 0.6 is 0 Å². The molecule has 0 bridgehead atoms. The van der Waals surface area contributed by atoms with Crippen molar-refractivity contribution in [3.8, 4) is 11.5 Å². The maximum atomic E-state index is 12.8. The van der Waals surface area contributed by atoms with Crippen LogP contribution in [0.25, 0.3) is 0 Å². The van der Waals surface area contributed by atoms with Crippen LogP contribution in [0.2, 0.25) is 18.1 Å². The Morgan fingerprint density at radius 3 is 2.50 bits per heavy atom. The molecular formula is C24H34N2O5Si. The van der Waals surface area contributed by atoms with Gasteiger partial charge in [0.05, 0.1) is 0 Å². The van der Waals surface area contributed by atoms with Crippen LogP contribution in [0, 0.1) is 11.5 Å². The van der Waals surface area contributed by atoms with E-state index in [0.29, 0.717) is 19.4 Å². The van der Waals surface area contributed by atoms with Crippen molar-refractivity contribution in [2.45, 2.75) is 76.9 Å². The number of ether oxygens (including phenoxy) is 1. The number of nitrogens with one attached hydrogen (secondary N) is 1. The fourth-order valence-electron chi connectivity index (χ4n) is 3.09. The van der Waals surface area contributed by atoms with Gasteiger partial charge in [0.1, 0.15) is 26.8 Å². The van der Waals surface area contributed by atoms with Crippen LogP contribution in [0.3, 0.4) is 0 Å². The molecule has 8 heteroatoms. The van der Waals surface area contributed by atoms with Crippen LogP contribution < -0.4 is 5.32 Å². The Bertz CT molecular complexity index is 883. The van der Waals surface area contributed by atoms with Gasteiger partial charge in [0.25, 0.3) is 0 Å². The van der Waals surface area contributed by atoms with E-state index in [0.717, 1.165) is 5.56 Å². The third-order valence-corrected chi connectivity index (χ3v) is 10.7. The largest absolute Gasteiger partial charge is 0.480 e. The van der Waals surface area contributed by atoms with Gasteiger partial charge in [0.2, 0.25) is 5.91 Å². The predicted molar refractivity (Wildman–Crippen MR) is 126 cm³/mol. The number of carboxylic acids is 1. The number of amides is 2. The number of carbonyl (C=O) groups is 3. The van der Waals surface area contributed by atoms with Gasteiger partial charge in [-0.05, 0) is 23.4 Å². The molecule has 2 rings (SSSR count). The number of carbonyl (C=O) groups excluding carboxylic acids is 2. The smallest absolute Gasteiger partial charge is 0.410 e. The van der Waals surface area contributed by atoms with Crippen molar-refractivity contribution in [2.75, 3.05) is 6.54 Å². The van der Waals surface area contributed by atoms with Gasteiger partial charge in [-0.25, -0.2) is 9.59 Å². The van der Waals surface area contributed by atoms with Crippen LogP contribution in [-0.4, -0.2) is 54.7 Å². The zero-order valence-corrected chi connectivity index (χ0v) is 20.6. The molecular weight excluding hydrogens is 424 g/mol. The molecule has 1 fully saturated rings. The Morgan fingerprint density at radius 2 is 1.91 bits per heavy atom. The number of benzene rings is 1. The minimum absolute atomic E-state index is 0.0265. The molecule has 2 atom stereocenters. The Morgan fingerprint density at radius 1 is 1.25 bits per heavy atom. The molecule has 0 aliphatic carbocycles. The summed E-state index contributed by atoms with van der Waals surface area (Å²) in [6.45, 7) is 11.2. The van der Waals surface area contributed by atoms with Gasteiger partial charge < -0.3 is 15.2 Å². The highest BCUT2D eigenvalue weighted by molar-refractivity contribution is 6.87. The minimum atomic E-state index is -1.87. The van der Waals surface area contributed by atoms with Gasteiger partial charge in [-0.15, -0.1) is 11.5 Å². The summed E-state index contributed by atoms with van der Waals surface area (Å²) >= 11 is 0. The van der Waals surface area contributed by atoms with Crippen LogP contribution in [0.1, 0.15) is 45.6 Å². The van der Waals surface area contributed by atoms with Crippen molar-refractivity contribution < 1.29 is 24.2 Å². The van der Waals surface area contributed by atoms with Crippen molar-refractivity contribution in [3.05, 3.63) is 35.9 Å². The third-order valence-electron chi connectivity index (χ3n) is 6.19. The van der Waals surface area contributed by atoms with Crippen LogP contribution in [0.5, 0.6) is 0 Å². The predicted octanol–water partition coefficient (Wildman–Crippen LogP) is 3.80. The quantitative estimate of drug-likeness (QED) is 0.499. The molecule has 0 saturated carbocycles. The minimum Gasteiger partial charge on any atom is -0.480 e. The van der Waals surface area contributed by atoms with Crippen LogP contribution in [0.15, 0.2) is 30.3 Å². The topological polar surface area (TPSA) is 95.9 Å². The number of likely N-dealkylation sites (tertiary alicyclic amines) is 1. The molecule has 1 aromatic carbocycles. The van der Waals surface area contributed by atoms with Gasteiger partial charge in [0, 0.05) is 13.0 Å². The average molecular weight is 459 g/mol. The molecule has 2 amide bonds. The molecule has 174 valence electrons. The zero-order valence-electron chi connectivity index (χ0n) is 19.6. The monoisotopic (exact) mass is 458 g/mol. The summed E-state index contributed by atoms with van der Waals surface area (Å²) in [5.74, 6) is 1.37. The van der Waals surface area contributed by atoms with Gasteiger partial charge in [-0.3, -0.25) is 9.69 Å². The Balaban J connectivity index is 1.98. The lowest BCUT2D eigenvalue weighted by molar-refractivity contribution is -0.142. The lowest BCUT2D eigenvalue weighted by atomic mass is 10.1. The Kier molecular flexibility index (Phi) is 8.50. The average Bonchev–Trinajstić information content (AvgIpc) is 3.21. The van der Waals surface area contributed by atoms with E-state index in [-0.39, 0.29) is 18.1 Å². The molecule has 0 aromatic heterocycles. The summed E-state index contributed by atoms with van der Waals surface area (Å²) in [6, 6.07) is 7.43. The number of nitrogens with zero attached hydrogens (tertiary/aromatic N) is 1. The molecule has 1 aromatic rings. The van der Waals surface area contributed by atoms with E-state index in [1.54, 1.807) is 0 Å². The first-order valence-corrected chi connectivity index (χ1v) is 13.9. The number of carboxylic acid groups (broad SMARTS) is 1. The van der Waals surface area contributed by atoms with Gasteiger partial charge in [0.15, 0.2) is 0 Å². The highest BCUT2D eigenvalue weighted by Crippen LogP contribution is 2.35. The Hall–Kier alpha value is -2.79. The van der Waals surface area contributed by atoms with Crippen molar-refractivity contribution >= 4 is 26.0 Å². The van der Waals surface area contributed by atoms with Crippen LogP contribution in [0.4, 0.5) is 4.79 Å². The van der Waals surface area contributed by atoms with E-state index < -0.39 is 38.1 Å². The summed E-state index contributed by atoms with van der Waals surface area (Å²) in [5, 5.41) is 12.2. The zero-order chi connectivity index (χ0) is 23.9. The summed E-state index contributed by atoms with van der Waals surface area (Å²) in [4.78, 5) is 38.4. The molecule has 0 unspecified atom stereocenters. The highest BCUT2D eigenvalue weighted by atomic mass is 28.3. The van der Waals surface area contributed by atoms with Gasteiger partial charge >= 0.3 is 12.1 Å². The van der Waals surface area contributed by atoms with E-state index >= 15 is 0 Å². The van der Waals surface area contributed by atoms with Gasteiger partial charge in [-0.2, -0.15) is 0 Å². The number of hydrogen-bond donors (Lipinski definition) is 2. The van der Waals surface area contributed by atoms with E-state index in [1.165, 1.54) is 4.90 Å². The molecule has 1 aliphatic heterocycles. The highest BCUT2D eigenvalue weighted by Gasteiger charge is 2.37. The number of hydrogen-bond acceptors (Lipinski definition) is 4. The molecule has 2 N–H and O–H groups in total. The van der Waals surface area contributed by atoms with E-state index in [2.05, 4.69) is 50.6 Å². The summed E-state index contributed by atoms with van der Waals surface area (Å²) < 4.78 is 5.35. The fraction of sp³-hybridized carbons (Fsp3) is 0.542. The van der Waals surface area contributed by atoms with Crippen molar-refractivity contribution in [1.29, 1.82) is 0 Å². The lowest BCUT2D eigenvalue weighted by Crippen LogP contribution is -2.50. The molecule has 1 saturated heterocycles. The standard InChI is InChI=1S/C24H34N2O5Si/c1-24(2,3)32(4,5)16-10-13-19(22(28)29)25-21(27)20-14-9-15-26(20)23(30)31-17-18-11-7-6-8-12-18/h6-8,11-12,19-20H,9,13-15,17H2,1-5H3,(H,25,27)(H,28,29)/t19-,20+/m0/s1. The Labute approximate surface area is 191 Å². The first kappa shape index (κ1) is 25.5. The van der Waals surface area contributed by atoms with Crippen LogP contribution in [-0.2, 0) is 20.9 Å². The van der Waals surface area contributed by atoms with Crippen molar-refractivity contribution in [1.82, 2.24) is 10.2 Å². The summed E-state index contributed by atoms with van der Waals surface area (Å²) in [6.07, 6.45) is 0.574. The molecule has 1 heterocycles. The third kappa shape index (κ3) is 6.86. The molecule has 0 spiro atoms. The molecule has 7 nitrogen and oxygen atoms in total. The second kappa shape index (κ2) is 10.7. The fourth-order valence-corrected chi connectivity index (χ4v) is 4.01. The number of aliphatic carboxylic acids is 1. The maximum absolute atomic E-state index is 12.8. The second-order valence-electron chi connectivity index (χ2n) is 9.67. The van der Waals surface area contributed by atoms with E-state index in [4.69, 9.17) is 4.74 Å². The first-order chi connectivity index (χ1) is 14.9. The van der Waals surface area contributed by atoms with E-state index in [9.17, 15) is 19.5 Å². The SMILES string of the molecule is CC(C)(C)[Si](C)(C)C#CC[C@H](NC(=O)[C@H]1CCCN1C(=O)OCc1ccccc1)C(=O)O. The lowest BCUT2D eigenvalue weighted by Gasteiger charge is -2.31. The maximum Gasteiger partial charge on any atom is 0.410 e. The molecule has 0 radical (unpaired) electrons. The molecule has 32 heavy (non-hydrogen) atoms. The summed E-state index contributed by atoms with van der Waals surface area (Å²) in [7, 11) is -1.87. The molecule has 1 aliphatic rings. The first-order valence-electron chi connectivity index (χ1n) is 10.9. The summed E-state index contributed by atoms with van der Waals surface area (Å²) in [5.41, 5.74) is 4.13. The second-order valence-corrected chi connectivity index (χ2v) is 14.7. The normalized spacial score (nSPS) is 17.2.